The van der Waals surface area contributed by atoms with E-state index in [1.165, 1.54) is 6.07 Å². The maximum Gasteiger partial charge on any atom is 0.320 e. The number of aromatic nitrogens is 2. The van der Waals surface area contributed by atoms with Crippen LogP contribution in [0.2, 0.25) is 0 Å². The molecule has 3 N–H and O–H groups in total. The van der Waals surface area contributed by atoms with Crippen LogP contribution in [0.4, 0.5) is 19.4 Å². The SMILES string of the molecule is COCC[C@@]1(NC(=O)Nc2c(C)c(C3CC3)nn2-c2ccccc2)CNC[C@H]1c1ccc(F)c(F)c1. The normalized spacial score (nSPS) is 21.5. The van der Waals surface area contributed by atoms with Gasteiger partial charge in [0.1, 0.15) is 5.82 Å². The minimum atomic E-state index is -0.903. The van der Waals surface area contributed by atoms with E-state index in [0.29, 0.717) is 43.4 Å². The Hall–Kier alpha value is -3.30. The number of benzene rings is 2. The molecule has 2 fully saturated rings. The van der Waals surface area contributed by atoms with Gasteiger partial charge in [0.15, 0.2) is 11.6 Å². The number of amides is 2. The summed E-state index contributed by atoms with van der Waals surface area (Å²) in [6.07, 6.45) is 2.69. The van der Waals surface area contributed by atoms with Crippen LogP contribution >= 0.6 is 0 Å². The van der Waals surface area contributed by atoms with Gasteiger partial charge < -0.3 is 15.4 Å². The fourth-order valence-corrected chi connectivity index (χ4v) is 5.19. The van der Waals surface area contributed by atoms with Crippen molar-refractivity contribution >= 4 is 11.8 Å². The molecule has 1 aliphatic carbocycles. The molecule has 0 radical (unpaired) electrons. The highest BCUT2D eigenvalue weighted by Gasteiger charge is 2.45. The minimum absolute atomic E-state index is 0.268. The van der Waals surface area contributed by atoms with Gasteiger partial charge in [-0.1, -0.05) is 24.3 Å². The molecule has 1 saturated carbocycles. The van der Waals surface area contributed by atoms with E-state index in [9.17, 15) is 13.6 Å². The number of anilines is 1. The lowest BCUT2D eigenvalue weighted by molar-refractivity contribution is 0.155. The average Bonchev–Trinajstić information content (AvgIpc) is 3.56. The number of nitrogens with one attached hydrogen (secondary N) is 3. The van der Waals surface area contributed by atoms with E-state index < -0.39 is 17.2 Å². The first-order chi connectivity index (χ1) is 17.4. The number of hydrogen-bond acceptors (Lipinski definition) is 4. The molecule has 1 aromatic heterocycles. The molecule has 0 unspecified atom stereocenters. The van der Waals surface area contributed by atoms with E-state index in [1.54, 1.807) is 17.9 Å². The number of rotatable bonds is 8. The highest BCUT2D eigenvalue weighted by Crippen LogP contribution is 2.43. The van der Waals surface area contributed by atoms with Crippen molar-refractivity contribution in [2.24, 2.45) is 0 Å². The van der Waals surface area contributed by atoms with E-state index in [4.69, 9.17) is 9.84 Å². The second-order valence-electron chi connectivity index (χ2n) is 9.72. The van der Waals surface area contributed by atoms with Gasteiger partial charge in [-0.3, -0.25) is 5.32 Å². The molecule has 2 amide bonds. The van der Waals surface area contributed by atoms with Crippen LogP contribution in [-0.2, 0) is 4.74 Å². The number of halogens is 2. The molecule has 0 spiro atoms. The smallest absolute Gasteiger partial charge is 0.320 e. The molecule has 0 bridgehead atoms. The molecule has 2 heterocycles. The van der Waals surface area contributed by atoms with Crippen LogP contribution in [0.15, 0.2) is 48.5 Å². The van der Waals surface area contributed by atoms with Gasteiger partial charge in [0.05, 0.1) is 16.9 Å². The Labute approximate surface area is 209 Å². The first kappa shape index (κ1) is 24.4. The van der Waals surface area contributed by atoms with Crippen LogP contribution in [0.3, 0.4) is 0 Å². The maximum absolute atomic E-state index is 14.1. The maximum atomic E-state index is 14.1. The largest absolute Gasteiger partial charge is 0.385 e. The van der Waals surface area contributed by atoms with Crippen LogP contribution < -0.4 is 16.0 Å². The van der Waals surface area contributed by atoms with Gasteiger partial charge in [0.2, 0.25) is 0 Å². The van der Waals surface area contributed by atoms with Crippen LogP contribution in [-0.4, -0.2) is 48.2 Å². The zero-order valence-electron chi connectivity index (χ0n) is 20.5. The molecule has 5 rings (SSSR count). The fraction of sp³-hybridized carbons (Fsp3) is 0.407. The predicted octanol–water partition coefficient (Wildman–Crippen LogP) is 4.62. The molecule has 3 aromatic rings. The Morgan fingerprint density at radius 2 is 1.97 bits per heavy atom. The highest BCUT2D eigenvalue weighted by molar-refractivity contribution is 5.90. The molecule has 7 nitrogen and oxygen atoms in total. The summed E-state index contributed by atoms with van der Waals surface area (Å²) in [6, 6.07) is 13.2. The topological polar surface area (TPSA) is 80.2 Å². The molecule has 2 atom stereocenters. The van der Waals surface area contributed by atoms with Gasteiger partial charge in [-0.15, -0.1) is 0 Å². The number of ether oxygens (including phenoxy) is 1. The molecule has 190 valence electrons. The van der Waals surface area contributed by atoms with Gasteiger partial charge >= 0.3 is 6.03 Å². The average molecular weight is 496 g/mol. The lowest BCUT2D eigenvalue weighted by Crippen LogP contribution is -2.55. The van der Waals surface area contributed by atoms with Gasteiger partial charge in [-0.2, -0.15) is 5.10 Å². The van der Waals surface area contributed by atoms with Crippen LogP contribution in [0, 0.1) is 18.6 Å². The van der Waals surface area contributed by atoms with Gasteiger partial charge in [-0.05, 0) is 56.0 Å². The summed E-state index contributed by atoms with van der Waals surface area (Å²) in [5.41, 5.74) is 2.68. The van der Waals surface area contributed by atoms with Crippen molar-refractivity contribution in [2.75, 3.05) is 32.1 Å². The lowest BCUT2D eigenvalue weighted by Gasteiger charge is -2.36. The Morgan fingerprint density at radius 1 is 1.19 bits per heavy atom. The van der Waals surface area contributed by atoms with Crippen molar-refractivity contribution in [1.82, 2.24) is 20.4 Å². The number of hydrogen-bond donors (Lipinski definition) is 3. The molecule has 1 aliphatic heterocycles. The Bertz CT molecular complexity index is 1240. The van der Waals surface area contributed by atoms with Crippen LogP contribution in [0.25, 0.3) is 5.69 Å². The summed E-state index contributed by atoms with van der Waals surface area (Å²) in [5, 5.41) is 14.4. The third kappa shape index (κ3) is 4.73. The van der Waals surface area contributed by atoms with Crippen molar-refractivity contribution < 1.29 is 18.3 Å². The van der Waals surface area contributed by atoms with Crippen molar-refractivity contribution in [3.8, 4) is 5.69 Å². The Kier molecular flexibility index (Phi) is 6.77. The molecular formula is C27H31F2N5O2. The fourth-order valence-electron chi connectivity index (χ4n) is 5.19. The molecular weight excluding hydrogens is 464 g/mol. The van der Waals surface area contributed by atoms with Gasteiger partial charge in [0, 0.05) is 44.2 Å². The Morgan fingerprint density at radius 3 is 2.67 bits per heavy atom. The third-order valence-electron chi connectivity index (χ3n) is 7.27. The summed E-state index contributed by atoms with van der Waals surface area (Å²) in [5.74, 6) is -1.02. The number of para-hydroxylation sites is 1. The molecule has 9 heteroatoms. The van der Waals surface area contributed by atoms with Crippen molar-refractivity contribution in [2.45, 2.75) is 43.6 Å². The first-order valence-corrected chi connectivity index (χ1v) is 12.3. The second kappa shape index (κ2) is 9.99. The Balaban J connectivity index is 1.44. The quantitative estimate of drug-likeness (QED) is 0.426. The molecule has 36 heavy (non-hydrogen) atoms. The summed E-state index contributed by atoms with van der Waals surface area (Å²) in [6.45, 7) is 3.37. The summed E-state index contributed by atoms with van der Waals surface area (Å²) in [7, 11) is 1.60. The van der Waals surface area contributed by atoms with E-state index >= 15 is 0 Å². The number of nitrogens with zero attached hydrogens (tertiary/aromatic N) is 2. The summed E-state index contributed by atoms with van der Waals surface area (Å²) >= 11 is 0. The molecule has 2 aromatic carbocycles. The predicted molar refractivity (Wildman–Crippen MR) is 134 cm³/mol. The minimum Gasteiger partial charge on any atom is -0.385 e. The monoisotopic (exact) mass is 495 g/mol. The zero-order valence-corrected chi connectivity index (χ0v) is 20.5. The van der Waals surface area contributed by atoms with E-state index in [-0.39, 0.29) is 11.9 Å². The second-order valence-corrected chi connectivity index (χ2v) is 9.72. The molecule has 2 aliphatic rings. The van der Waals surface area contributed by atoms with Crippen molar-refractivity contribution in [3.63, 3.8) is 0 Å². The zero-order chi connectivity index (χ0) is 25.3. The first-order valence-electron chi connectivity index (χ1n) is 12.3. The van der Waals surface area contributed by atoms with E-state index in [0.717, 1.165) is 35.9 Å². The van der Waals surface area contributed by atoms with Crippen molar-refractivity contribution in [3.05, 3.63) is 77.0 Å². The standard InChI is InChI=1S/C27H31F2N5O2/c1-17-24(18-8-9-18)33-34(20-6-4-3-5-7-20)25(17)31-26(35)32-27(12-13-36-2)16-30-15-21(27)19-10-11-22(28)23(29)14-19/h3-7,10-11,14,18,21,30H,8-9,12-13,15-16H2,1-2H3,(H2,31,32,35)/t21-,27+/m0/s1. The number of urea groups is 1. The van der Waals surface area contributed by atoms with Crippen LogP contribution in [0.5, 0.6) is 0 Å². The highest BCUT2D eigenvalue weighted by atomic mass is 19.2. The lowest BCUT2D eigenvalue weighted by atomic mass is 9.79. The third-order valence-corrected chi connectivity index (χ3v) is 7.27. The summed E-state index contributed by atoms with van der Waals surface area (Å²) < 4.78 is 34.8. The van der Waals surface area contributed by atoms with E-state index in [1.807, 2.05) is 37.3 Å². The number of carbonyl (C=O) groups excluding carboxylic acids is 1. The van der Waals surface area contributed by atoms with Crippen molar-refractivity contribution in [1.29, 1.82) is 0 Å². The molecule has 1 saturated heterocycles. The van der Waals surface area contributed by atoms with E-state index in [2.05, 4.69) is 16.0 Å². The van der Waals surface area contributed by atoms with Crippen LogP contribution in [0.1, 0.15) is 47.9 Å². The summed E-state index contributed by atoms with van der Waals surface area (Å²) in [4.78, 5) is 13.5. The van der Waals surface area contributed by atoms with Gasteiger partial charge in [0.25, 0.3) is 0 Å². The van der Waals surface area contributed by atoms with Gasteiger partial charge in [-0.25, -0.2) is 18.3 Å². The number of methoxy groups -OCH3 is 1. The number of carbonyl (C=O) groups is 1.